The van der Waals surface area contributed by atoms with E-state index < -0.39 is 6.43 Å². The fourth-order valence-electron chi connectivity index (χ4n) is 0. The second-order valence-electron chi connectivity index (χ2n) is 2.60. The van der Waals surface area contributed by atoms with Crippen LogP contribution < -0.4 is 0 Å². The topological polar surface area (TPSA) is 0 Å². The summed E-state index contributed by atoms with van der Waals surface area (Å²) in [5, 5.41) is 0. The molecule has 0 rings (SSSR count). The van der Waals surface area contributed by atoms with Crippen molar-refractivity contribution in [1.82, 2.24) is 0 Å². The van der Waals surface area contributed by atoms with Crippen LogP contribution in [0.4, 0.5) is 8.78 Å². The molecule has 0 saturated heterocycles. The van der Waals surface area contributed by atoms with Crippen molar-refractivity contribution in [3.63, 3.8) is 0 Å². The summed E-state index contributed by atoms with van der Waals surface area (Å²) in [5.74, 6) is 0.884. The summed E-state index contributed by atoms with van der Waals surface area (Å²) in [4.78, 5) is 0. The summed E-state index contributed by atoms with van der Waals surface area (Å²) < 4.78 is 21.5. The molecule has 0 aromatic rings. The highest BCUT2D eigenvalue weighted by Crippen LogP contribution is 1.94. The van der Waals surface area contributed by atoms with E-state index in [1.54, 1.807) is 0 Å². The Kier molecular flexibility index (Phi) is 11.1. The molecule has 0 amide bonds. The zero-order chi connectivity index (χ0) is 8.57. The lowest BCUT2D eigenvalue weighted by molar-refractivity contribution is 0.144. The van der Waals surface area contributed by atoms with E-state index in [1.165, 1.54) is 13.3 Å². The van der Waals surface area contributed by atoms with E-state index in [9.17, 15) is 8.78 Å². The van der Waals surface area contributed by atoms with Gasteiger partial charge in [0.1, 0.15) is 0 Å². The van der Waals surface area contributed by atoms with Crippen LogP contribution in [-0.4, -0.2) is 6.43 Å². The Labute approximate surface area is 62.6 Å². The molecule has 2 heteroatoms. The van der Waals surface area contributed by atoms with E-state index >= 15 is 0 Å². The first kappa shape index (κ1) is 12.5. The Hall–Kier alpha value is -0.140. The van der Waals surface area contributed by atoms with Crippen LogP contribution in [0.1, 0.15) is 40.5 Å². The van der Waals surface area contributed by atoms with Crippen LogP contribution in [0.3, 0.4) is 0 Å². The maximum absolute atomic E-state index is 10.8. The van der Waals surface area contributed by atoms with Gasteiger partial charge in [0, 0.05) is 6.42 Å². The van der Waals surface area contributed by atoms with Crippen LogP contribution in [0.2, 0.25) is 0 Å². The summed E-state index contributed by atoms with van der Waals surface area (Å²) in [6.45, 7) is 8.09. The third-order valence-corrected chi connectivity index (χ3v) is 1.13. The quantitative estimate of drug-likeness (QED) is 0.565. The molecule has 10 heavy (non-hydrogen) atoms. The van der Waals surface area contributed by atoms with Crippen LogP contribution in [0, 0.1) is 5.92 Å². The number of hydrogen-bond donors (Lipinski definition) is 0. The van der Waals surface area contributed by atoms with Crippen molar-refractivity contribution >= 4 is 0 Å². The predicted octanol–water partition coefficient (Wildman–Crippen LogP) is 3.71. The number of alkyl halides is 2. The molecule has 0 aliphatic heterocycles. The van der Waals surface area contributed by atoms with Gasteiger partial charge >= 0.3 is 0 Å². The van der Waals surface area contributed by atoms with Crippen molar-refractivity contribution in [3.05, 3.63) is 0 Å². The average molecular weight is 152 g/mol. The summed E-state index contributed by atoms with van der Waals surface area (Å²) in [6, 6.07) is 0. The van der Waals surface area contributed by atoms with E-state index in [4.69, 9.17) is 0 Å². The van der Waals surface area contributed by atoms with Crippen LogP contribution in [-0.2, 0) is 0 Å². The molecule has 0 aromatic carbocycles. The minimum Gasteiger partial charge on any atom is -0.211 e. The molecule has 0 aliphatic carbocycles. The Bertz CT molecular complexity index is 43.2. The molecular weight excluding hydrogens is 134 g/mol. The van der Waals surface area contributed by atoms with Crippen molar-refractivity contribution in [3.8, 4) is 0 Å². The zero-order valence-corrected chi connectivity index (χ0v) is 7.32. The second kappa shape index (κ2) is 8.86. The van der Waals surface area contributed by atoms with E-state index in [2.05, 4.69) is 20.8 Å². The molecule has 0 radical (unpaired) electrons. The summed E-state index contributed by atoms with van der Waals surface area (Å²) in [7, 11) is 0. The molecule has 0 fully saturated rings. The number of rotatable bonds is 2. The fraction of sp³-hybridized carbons (Fsp3) is 1.00. The fourth-order valence-corrected chi connectivity index (χ4v) is 0. The van der Waals surface area contributed by atoms with Gasteiger partial charge in [-0.05, 0) is 5.92 Å². The van der Waals surface area contributed by atoms with Crippen molar-refractivity contribution in [2.45, 2.75) is 47.0 Å². The lowest BCUT2D eigenvalue weighted by atomic mass is 10.2. The van der Waals surface area contributed by atoms with Gasteiger partial charge in [-0.3, -0.25) is 0 Å². The number of hydrogen-bond acceptors (Lipinski definition) is 0. The standard InChI is InChI=1S/C5H12.C3H6F2/c1-4-5(2)3;1-2-3(4)5/h5H,4H2,1-3H3;3H,2H2,1H3. The zero-order valence-electron chi connectivity index (χ0n) is 7.32. The first-order valence-electron chi connectivity index (χ1n) is 3.82. The molecule has 0 unspecified atom stereocenters. The van der Waals surface area contributed by atoms with E-state index in [-0.39, 0.29) is 6.42 Å². The molecule has 0 atom stereocenters. The van der Waals surface area contributed by atoms with Crippen LogP contribution >= 0.6 is 0 Å². The van der Waals surface area contributed by atoms with Crippen molar-refractivity contribution in [1.29, 1.82) is 0 Å². The van der Waals surface area contributed by atoms with Gasteiger partial charge in [-0.2, -0.15) is 0 Å². The van der Waals surface area contributed by atoms with Crippen molar-refractivity contribution in [2.24, 2.45) is 5.92 Å². The molecule has 0 spiro atoms. The predicted molar refractivity (Wildman–Crippen MR) is 41.4 cm³/mol. The lowest BCUT2D eigenvalue weighted by Crippen LogP contribution is -1.80. The monoisotopic (exact) mass is 152 g/mol. The maximum Gasteiger partial charge on any atom is 0.238 e. The normalized spacial score (nSPS) is 9.60. The first-order valence-corrected chi connectivity index (χ1v) is 3.82. The molecule has 64 valence electrons. The van der Waals surface area contributed by atoms with E-state index in [0.29, 0.717) is 0 Å². The summed E-state index contributed by atoms with van der Waals surface area (Å²) in [5.41, 5.74) is 0. The third kappa shape index (κ3) is 24.8. The van der Waals surface area contributed by atoms with Gasteiger partial charge < -0.3 is 0 Å². The first-order chi connectivity index (χ1) is 4.54. The largest absolute Gasteiger partial charge is 0.238 e. The highest BCUT2D eigenvalue weighted by atomic mass is 19.3. The minimum atomic E-state index is -2.12. The lowest BCUT2D eigenvalue weighted by Gasteiger charge is -1.90. The van der Waals surface area contributed by atoms with E-state index in [1.807, 2.05) is 0 Å². The Morgan fingerprint density at radius 1 is 1.00 bits per heavy atom. The molecule has 0 aliphatic rings. The molecule has 0 N–H and O–H groups in total. The Morgan fingerprint density at radius 3 is 1.20 bits per heavy atom. The Balaban J connectivity index is 0. The Morgan fingerprint density at radius 2 is 1.20 bits per heavy atom. The maximum atomic E-state index is 10.8. The van der Waals surface area contributed by atoms with E-state index in [0.717, 1.165) is 5.92 Å². The molecule has 0 nitrogen and oxygen atoms in total. The smallest absolute Gasteiger partial charge is 0.211 e. The minimum absolute atomic E-state index is 0.0278. The van der Waals surface area contributed by atoms with Crippen LogP contribution in [0.25, 0.3) is 0 Å². The van der Waals surface area contributed by atoms with Gasteiger partial charge in [0.15, 0.2) is 0 Å². The van der Waals surface area contributed by atoms with Crippen molar-refractivity contribution < 1.29 is 8.78 Å². The van der Waals surface area contributed by atoms with Crippen LogP contribution in [0.15, 0.2) is 0 Å². The molecular formula is C8H18F2. The average Bonchev–Trinajstić information content (AvgIpc) is 1.89. The van der Waals surface area contributed by atoms with Gasteiger partial charge in [-0.25, -0.2) is 8.78 Å². The van der Waals surface area contributed by atoms with Gasteiger partial charge in [0.05, 0.1) is 0 Å². The molecule has 0 aromatic heterocycles. The van der Waals surface area contributed by atoms with Crippen LogP contribution in [0.5, 0.6) is 0 Å². The SMILES string of the molecule is CCC(C)C.CCC(F)F. The summed E-state index contributed by atoms with van der Waals surface area (Å²) >= 11 is 0. The van der Waals surface area contributed by atoms with Gasteiger partial charge in [-0.1, -0.05) is 34.1 Å². The molecule has 0 saturated carbocycles. The molecule has 0 bridgehead atoms. The number of halogens is 2. The third-order valence-electron chi connectivity index (χ3n) is 1.13. The van der Waals surface area contributed by atoms with Gasteiger partial charge in [0.25, 0.3) is 0 Å². The highest BCUT2D eigenvalue weighted by molar-refractivity contribution is 4.32. The van der Waals surface area contributed by atoms with Gasteiger partial charge in [0.2, 0.25) is 6.43 Å². The second-order valence-corrected chi connectivity index (χ2v) is 2.60. The summed E-state index contributed by atoms with van der Waals surface area (Å²) in [6.07, 6.45) is -0.838. The molecule has 0 heterocycles. The highest BCUT2D eigenvalue weighted by Gasteiger charge is 1.91. The van der Waals surface area contributed by atoms with Crippen molar-refractivity contribution in [2.75, 3.05) is 0 Å². The van der Waals surface area contributed by atoms with Gasteiger partial charge in [-0.15, -0.1) is 0 Å².